The van der Waals surface area contributed by atoms with Gasteiger partial charge < -0.3 is 20.7 Å². The Balaban J connectivity index is 1.95. The van der Waals surface area contributed by atoms with Gasteiger partial charge in [0.25, 0.3) is 0 Å². The monoisotopic (exact) mass is 261 g/mol. The summed E-state index contributed by atoms with van der Waals surface area (Å²) in [5.74, 6) is 5.44. The molecule has 0 aliphatic carbocycles. The first-order valence-electron chi connectivity index (χ1n) is 5.33. The molecule has 8 heteroatoms. The van der Waals surface area contributed by atoms with Gasteiger partial charge in [0.05, 0.1) is 23.6 Å². The Bertz CT molecular complexity index is 591. The molecule has 2 N–H and O–H groups in total. The molecule has 19 heavy (non-hydrogen) atoms. The molecule has 0 unspecified atom stereocenters. The molecule has 0 saturated carbocycles. The van der Waals surface area contributed by atoms with Gasteiger partial charge in [-0.3, -0.25) is 0 Å². The van der Waals surface area contributed by atoms with Crippen LogP contribution in [0.25, 0.3) is 0 Å². The Labute approximate surface area is 108 Å². The molecule has 1 aromatic heterocycles. The topological polar surface area (TPSA) is 109 Å². The molecule has 0 amide bonds. The number of ether oxygens (including phenoxy) is 1. The lowest BCUT2D eigenvalue weighted by atomic mass is 10.2. The zero-order chi connectivity index (χ0) is 13.7. The van der Waals surface area contributed by atoms with Crippen LogP contribution in [0.2, 0.25) is 0 Å². The second-order valence-electron chi connectivity index (χ2n) is 3.59. The number of benzene rings is 1. The number of nitro groups is 1. The molecule has 0 saturated heterocycles. The van der Waals surface area contributed by atoms with Crippen molar-refractivity contribution in [1.82, 2.24) is 9.78 Å². The van der Waals surface area contributed by atoms with Gasteiger partial charge in [-0.15, -0.1) is 4.68 Å². The third-order valence-electron chi connectivity index (χ3n) is 2.28. The lowest BCUT2D eigenvalue weighted by Crippen LogP contribution is -2.06. The van der Waals surface area contributed by atoms with Crippen LogP contribution in [0.5, 0.6) is 5.75 Å². The quantitative estimate of drug-likeness (QED) is 0.375. The number of hydrogen-bond donors (Lipinski definition) is 1. The van der Waals surface area contributed by atoms with Crippen molar-refractivity contribution in [2.45, 2.75) is 6.73 Å². The molecule has 0 bridgehead atoms. The summed E-state index contributed by atoms with van der Waals surface area (Å²) in [6.07, 6.45) is 2.99. The molecular formula is C11H11N5O3. The van der Waals surface area contributed by atoms with Crippen molar-refractivity contribution in [3.63, 3.8) is 0 Å². The maximum absolute atomic E-state index is 10.5. The first-order valence-corrected chi connectivity index (χ1v) is 5.33. The maximum Gasteiger partial charge on any atom is 0.390 e. The van der Waals surface area contributed by atoms with E-state index in [1.807, 2.05) is 0 Å². The molecule has 2 aromatic rings. The predicted octanol–water partition coefficient (Wildman–Crippen LogP) is 1.12. The molecule has 98 valence electrons. The number of nitrogens with two attached hydrogens (primary N) is 1. The minimum absolute atomic E-state index is 0.0954. The Hall–Kier alpha value is -2.90. The van der Waals surface area contributed by atoms with Gasteiger partial charge in [-0.25, -0.2) is 0 Å². The molecule has 0 fully saturated rings. The van der Waals surface area contributed by atoms with Gasteiger partial charge in [-0.2, -0.15) is 5.10 Å². The van der Waals surface area contributed by atoms with Crippen molar-refractivity contribution in [3.8, 4) is 5.75 Å². The Morgan fingerprint density at radius 1 is 1.42 bits per heavy atom. The summed E-state index contributed by atoms with van der Waals surface area (Å²) < 4.78 is 6.76. The highest BCUT2D eigenvalue weighted by Gasteiger charge is 2.10. The number of nitrogens with zero attached hydrogens (tertiary/aromatic N) is 4. The first kappa shape index (κ1) is 12.6. The highest BCUT2D eigenvalue weighted by atomic mass is 16.6. The smallest absolute Gasteiger partial charge is 0.390 e. The first-order chi connectivity index (χ1) is 9.19. The van der Waals surface area contributed by atoms with Crippen LogP contribution in [0.1, 0.15) is 5.56 Å². The second kappa shape index (κ2) is 5.63. The summed E-state index contributed by atoms with van der Waals surface area (Å²) in [5.41, 5.74) is 0.851. The van der Waals surface area contributed by atoms with E-state index in [4.69, 9.17) is 10.6 Å². The van der Waals surface area contributed by atoms with Crippen LogP contribution in [0.15, 0.2) is 41.6 Å². The van der Waals surface area contributed by atoms with E-state index < -0.39 is 4.92 Å². The van der Waals surface area contributed by atoms with E-state index in [9.17, 15) is 10.1 Å². The van der Waals surface area contributed by atoms with Gasteiger partial charge in [0.1, 0.15) is 5.75 Å². The lowest BCUT2D eigenvalue weighted by Gasteiger charge is -2.03. The molecule has 2 rings (SSSR count). The van der Waals surface area contributed by atoms with E-state index in [0.29, 0.717) is 5.75 Å². The zero-order valence-corrected chi connectivity index (χ0v) is 9.84. The molecule has 1 heterocycles. The third kappa shape index (κ3) is 3.28. The van der Waals surface area contributed by atoms with Crippen molar-refractivity contribution in [2.75, 3.05) is 0 Å². The standard InChI is InChI=1S/C11H11N5O3/c12-13-7-9-1-3-10(4-2-9)19-8-15-6-5-11(14-15)16(17)18/h1-7H,8,12H2. The van der Waals surface area contributed by atoms with Crippen LogP contribution >= 0.6 is 0 Å². The Kier molecular flexibility index (Phi) is 3.72. The van der Waals surface area contributed by atoms with Crippen molar-refractivity contribution < 1.29 is 9.66 Å². The fourth-order valence-corrected chi connectivity index (χ4v) is 1.40. The van der Waals surface area contributed by atoms with Gasteiger partial charge in [-0.1, -0.05) is 0 Å². The van der Waals surface area contributed by atoms with Gasteiger partial charge >= 0.3 is 5.82 Å². The van der Waals surface area contributed by atoms with E-state index >= 15 is 0 Å². The highest BCUT2D eigenvalue weighted by Crippen LogP contribution is 2.12. The van der Waals surface area contributed by atoms with E-state index in [1.54, 1.807) is 24.3 Å². The van der Waals surface area contributed by atoms with Crippen molar-refractivity contribution in [3.05, 3.63) is 52.2 Å². The van der Waals surface area contributed by atoms with Gasteiger partial charge in [0, 0.05) is 0 Å². The fraction of sp³-hybridized carbons (Fsp3) is 0.0909. The van der Waals surface area contributed by atoms with Crippen LogP contribution in [0, 0.1) is 10.1 Å². The zero-order valence-electron chi connectivity index (χ0n) is 9.84. The maximum atomic E-state index is 10.5. The average molecular weight is 261 g/mol. The molecule has 8 nitrogen and oxygen atoms in total. The van der Waals surface area contributed by atoms with Crippen molar-refractivity contribution >= 4 is 12.0 Å². The van der Waals surface area contributed by atoms with E-state index in [0.717, 1.165) is 5.56 Å². The molecule has 0 aliphatic heterocycles. The number of aromatic nitrogens is 2. The van der Waals surface area contributed by atoms with Crippen LogP contribution < -0.4 is 10.6 Å². The fourth-order valence-electron chi connectivity index (χ4n) is 1.40. The number of rotatable bonds is 5. The van der Waals surface area contributed by atoms with Crippen LogP contribution in [0.3, 0.4) is 0 Å². The van der Waals surface area contributed by atoms with E-state index in [-0.39, 0.29) is 12.5 Å². The van der Waals surface area contributed by atoms with Crippen molar-refractivity contribution in [1.29, 1.82) is 0 Å². The molecule has 0 spiro atoms. The summed E-state index contributed by atoms with van der Waals surface area (Å²) in [6.45, 7) is 0.0954. The highest BCUT2D eigenvalue weighted by molar-refractivity contribution is 5.79. The minimum atomic E-state index is -0.558. The molecular weight excluding hydrogens is 250 g/mol. The van der Waals surface area contributed by atoms with Crippen molar-refractivity contribution in [2.24, 2.45) is 10.9 Å². The number of hydrogen-bond acceptors (Lipinski definition) is 6. The lowest BCUT2D eigenvalue weighted by molar-refractivity contribution is -0.389. The largest absolute Gasteiger partial charge is 0.469 e. The van der Waals surface area contributed by atoms with Gasteiger partial charge in [0.2, 0.25) is 6.73 Å². The Morgan fingerprint density at radius 2 is 2.16 bits per heavy atom. The summed E-state index contributed by atoms with van der Waals surface area (Å²) in [6, 6.07) is 8.38. The SMILES string of the molecule is NN=Cc1ccc(OCn2ccc([N+](=O)[O-])n2)cc1. The van der Waals surface area contributed by atoms with Crippen LogP contribution in [-0.2, 0) is 6.73 Å². The summed E-state index contributed by atoms with van der Waals surface area (Å²) in [4.78, 5) is 9.90. The molecule has 0 aliphatic rings. The molecule has 1 aromatic carbocycles. The minimum Gasteiger partial charge on any atom is -0.469 e. The molecule has 0 radical (unpaired) electrons. The molecule has 0 atom stereocenters. The van der Waals surface area contributed by atoms with Gasteiger partial charge in [-0.05, 0) is 34.8 Å². The van der Waals surface area contributed by atoms with Gasteiger partial charge in [0.15, 0.2) is 0 Å². The second-order valence-corrected chi connectivity index (χ2v) is 3.59. The third-order valence-corrected chi connectivity index (χ3v) is 2.28. The summed E-state index contributed by atoms with van der Waals surface area (Å²) in [7, 11) is 0. The number of hydrazone groups is 1. The average Bonchev–Trinajstić information content (AvgIpc) is 2.87. The van der Waals surface area contributed by atoms with E-state index in [2.05, 4.69) is 10.2 Å². The summed E-state index contributed by atoms with van der Waals surface area (Å²) >= 11 is 0. The van der Waals surface area contributed by atoms with Crippen LogP contribution in [-0.4, -0.2) is 20.9 Å². The van der Waals surface area contributed by atoms with Crippen LogP contribution in [0.4, 0.5) is 5.82 Å². The van der Waals surface area contributed by atoms with E-state index in [1.165, 1.54) is 23.2 Å². The summed E-state index contributed by atoms with van der Waals surface area (Å²) in [5, 5.41) is 17.6. The predicted molar refractivity (Wildman–Crippen MR) is 67.7 cm³/mol. The normalized spacial score (nSPS) is 10.7. The Morgan fingerprint density at radius 3 is 2.74 bits per heavy atom.